The van der Waals surface area contributed by atoms with E-state index in [9.17, 15) is 4.79 Å². The fraction of sp³-hybridized carbons (Fsp3) is 0.333. The van der Waals surface area contributed by atoms with Gasteiger partial charge in [0, 0.05) is 30.9 Å². The van der Waals surface area contributed by atoms with Gasteiger partial charge in [-0.2, -0.15) is 5.10 Å². The predicted molar refractivity (Wildman–Crippen MR) is 117 cm³/mol. The van der Waals surface area contributed by atoms with Crippen LogP contribution in [0.1, 0.15) is 22.5 Å². The molecule has 5 nitrogen and oxygen atoms in total. The highest BCUT2D eigenvalue weighted by molar-refractivity contribution is 5.79. The molecule has 0 aliphatic heterocycles. The predicted octanol–water partition coefficient (Wildman–Crippen LogP) is 3.62. The molecule has 0 spiro atoms. The lowest BCUT2D eigenvalue weighted by atomic mass is 10.1. The molecule has 0 saturated heterocycles. The Bertz CT molecular complexity index is 932. The summed E-state index contributed by atoms with van der Waals surface area (Å²) in [6.45, 7) is 6.18. The zero-order valence-corrected chi connectivity index (χ0v) is 17.8. The van der Waals surface area contributed by atoms with Gasteiger partial charge in [0.2, 0.25) is 5.91 Å². The molecule has 152 valence electrons. The first-order chi connectivity index (χ1) is 14.0. The second-order valence-corrected chi connectivity index (χ2v) is 7.68. The second-order valence-electron chi connectivity index (χ2n) is 7.68. The van der Waals surface area contributed by atoms with Crippen LogP contribution in [0.4, 0.5) is 0 Å². The van der Waals surface area contributed by atoms with Crippen LogP contribution in [-0.2, 0) is 17.8 Å². The molecule has 1 heterocycles. The summed E-state index contributed by atoms with van der Waals surface area (Å²) in [5, 5.41) is 4.69. The molecule has 0 saturated carbocycles. The highest BCUT2D eigenvalue weighted by atomic mass is 16.2. The lowest BCUT2D eigenvalue weighted by molar-refractivity contribution is -0.131. The van der Waals surface area contributed by atoms with Gasteiger partial charge < -0.3 is 9.80 Å². The van der Waals surface area contributed by atoms with Crippen molar-refractivity contribution < 1.29 is 4.79 Å². The monoisotopic (exact) mass is 390 g/mol. The van der Waals surface area contributed by atoms with Crippen LogP contribution in [0.25, 0.3) is 5.69 Å². The van der Waals surface area contributed by atoms with E-state index in [0.29, 0.717) is 19.5 Å². The lowest BCUT2D eigenvalue weighted by Crippen LogP contribution is -2.37. The SMILES string of the molecule is Cc1nn(-c2ccccc2)c(C)c1CC(=O)N(CCN(C)C)Cc1ccccc1. The van der Waals surface area contributed by atoms with Gasteiger partial charge in [0.1, 0.15) is 0 Å². The zero-order chi connectivity index (χ0) is 20.8. The van der Waals surface area contributed by atoms with E-state index in [1.54, 1.807) is 0 Å². The van der Waals surface area contributed by atoms with E-state index in [2.05, 4.69) is 22.1 Å². The van der Waals surface area contributed by atoms with Crippen LogP contribution in [0, 0.1) is 13.8 Å². The average molecular weight is 391 g/mol. The minimum Gasteiger partial charge on any atom is -0.337 e. The first kappa shape index (κ1) is 20.8. The van der Waals surface area contributed by atoms with Crippen molar-refractivity contribution >= 4 is 5.91 Å². The van der Waals surface area contributed by atoms with Gasteiger partial charge in [0.25, 0.3) is 0 Å². The van der Waals surface area contributed by atoms with E-state index in [4.69, 9.17) is 0 Å². The molecule has 0 fully saturated rings. The van der Waals surface area contributed by atoms with Gasteiger partial charge in [-0.15, -0.1) is 0 Å². The van der Waals surface area contributed by atoms with Gasteiger partial charge in [-0.05, 0) is 45.6 Å². The molecule has 1 amide bonds. The van der Waals surface area contributed by atoms with Crippen LogP contribution in [0.2, 0.25) is 0 Å². The maximum Gasteiger partial charge on any atom is 0.227 e. The molecule has 0 N–H and O–H groups in total. The summed E-state index contributed by atoms with van der Waals surface area (Å²) in [4.78, 5) is 17.3. The van der Waals surface area contributed by atoms with E-state index >= 15 is 0 Å². The van der Waals surface area contributed by atoms with Crippen molar-refractivity contribution in [1.82, 2.24) is 19.6 Å². The molecule has 29 heavy (non-hydrogen) atoms. The smallest absolute Gasteiger partial charge is 0.227 e. The summed E-state index contributed by atoms with van der Waals surface area (Å²) in [6, 6.07) is 20.2. The molecule has 0 atom stereocenters. The van der Waals surface area contributed by atoms with Crippen LogP contribution < -0.4 is 0 Å². The summed E-state index contributed by atoms with van der Waals surface area (Å²) in [7, 11) is 4.06. The molecule has 0 unspecified atom stereocenters. The van der Waals surface area contributed by atoms with Crippen LogP contribution in [0.5, 0.6) is 0 Å². The number of carbonyl (C=O) groups is 1. The number of nitrogens with zero attached hydrogens (tertiary/aromatic N) is 4. The van der Waals surface area contributed by atoms with Crippen LogP contribution in [-0.4, -0.2) is 52.7 Å². The van der Waals surface area contributed by atoms with Gasteiger partial charge in [-0.3, -0.25) is 4.79 Å². The molecule has 0 aliphatic rings. The van der Waals surface area contributed by atoms with Crippen molar-refractivity contribution in [3.63, 3.8) is 0 Å². The first-order valence-electron chi connectivity index (χ1n) is 10.0. The number of hydrogen-bond acceptors (Lipinski definition) is 3. The molecule has 5 heteroatoms. The number of amides is 1. The highest BCUT2D eigenvalue weighted by Gasteiger charge is 2.20. The molecule has 3 aromatic rings. The van der Waals surface area contributed by atoms with E-state index in [1.165, 1.54) is 0 Å². The number of aromatic nitrogens is 2. The quantitative estimate of drug-likeness (QED) is 0.590. The van der Waals surface area contributed by atoms with Crippen molar-refractivity contribution in [2.45, 2.75) is 26.8 Å². The van der Waals surface area contributed by atoms with E-state index < -0.39 is 0 Å². The molecule has 0 aliphatic carbocycles. The average Bonchev–Trinajstić information content (AvgIpc) is 3.00. The van der Waals surface area contributed by atoms with Gasteiger partial charge in [0.05, 0.1) is 17.8 Å². The Kier molecular flexibility index (Phi) is 6.83. The van der Waals surface area contributed by atoms with Crippen molar-refractivity contribution in [2.24, 2.45) is 0 Å². The first-order valence-corrected chi connectivity index (χ1v) is 10.0. The normalized spacial score (nSPS) is 11.1. The van der Waals surface area contributed by atoms with Crippen LogP contribution >= 0.6 is 0 Å². The van der Waals surface area contributed by atoms with Crippen molar-refractivity contribution in [2.75, 3.05) is 27.2 Å². The summed E-state index contributed by atoms with van der Waals surface area (Å²) in [6.07, 6.45) is 0.366. The third kappa shape index (κ3) is 5.33. The Morgan fingerprint density at radius 3 is 2.17 bits per heavy atom. The maximum atomic E-state index is 13.3. The fourth-order valence-electron chi connectivity index (χ4n) is 3.43. The van der Waals surface area contributed by atoms with Gasteiger partial charge in [-0.1, -0.05) is 48.5 Å². The molecule has 0 radical (unpaired) electrons. The molecule has 0 bridgehead atoms. The summed E-state index contributed by atoms with van der Waals surface area (Å²) in [5.41, 5.74) is 5.11. The standard InChI is InChI=1S/C24H30N4O/c1-19-23(20(2)28(25-19)22-13-9-6-10-14-22)17-24(29)27(16-15-26(3)4)18-21-11-7-5-8-12-21/h5-14H,15-18H2,1-4H3. The van der Waals surface area contributed by atoms with Gasteiger partial charge >= 0.3 is 0 Å². The zero-order valence-electron chi connectivity index (χ0n) is 17.8. The van der Waals surface area contributed by atoms with Gasteiger partial charge in [0.15, 0.2) is 0 Å². The number of para-hydroxylation sites is 1. The van der Waals surface area contributed by atoms with Crippen molar-refractivity contribution in [1.29, 1.82) is 0 Å². The molecule has 3 rings (SSSR count). The highest BCUT2D eigenvalue weighted by Crippen LogP contribution is 2.19. The van der Waals surface area contributed by atoms with E-state index in [1.807, 2.05) is 86.1 Å². The summed E-state index contributed by atoms with van der Waals surface area (Å²) >= 11 is 0. The molecule has 1 aromatic heterocycles. The Balaban J connectivity index is 1.81. The fourth-order valence-corrected chi connectivity index (χ4v) is 3.43. The third-order valence-corrected chi connectivity index (χ3v) is 5.16. The number of aryl methyl sites for hydroxylation is 1. The Labute approximate surface area is 173 Å². The lowest BCUT2D eigenvalue weighted by Gasteiger charge is -2.25. The molecular formula is C24H30N4O. The summed E-state index contributed by atoms with van der Waals surface area (Å²) in [5.74, 6) is 0.134. The maximum absolute atomic E-state index is 13.3. The molecule has 2 aromatic carbocycles. The minimum absolute atomic E-state index is 0.134. The second kappa shape index (κ2) is 9.52. The van der Waals surface area contributed by atoms with Crippen molar-refractivity contribution in [3.05, 3.63) is 83.2 Å². The van der Waals surface area contributed by atoms with E-state index in [-0.39, 0.29) is 5.91 Å². The van der Waals surface area contributed by atoms with Gasteiger partial charge in [-0.25, -0.2) is 4.68 Å². The van der Waals surface area contributed by atoms with Crippen molar-refractivity contribution in [3.8, 4) is 5.69 Å². The Morgan fingerprint density at radius 2 is 1.55 bits per heavy atom. The van der Waals surface area contributed by atoms with E-state index in [0.717, 1.165) is 34.7 Å². The van der Waals surface area contributed by atoms with Crippen LogP contribution in [0.15, 0.2) is 60.7 Å². The molecular weight excluding hydrogens is 360 g/mol. The van der Waals surface area contributed by atoms with Crippen LogP contribution in [0.3, 0.4) is 0 Å². The third-order valence-electron chi connectivity index (χ3n) is 5.16. The topological polar surface area (TPSA) is 41.4 Å². The Morgan fingerprint density at radius 1 is 0.931 bits per heavy atom. The largest absolute Gasteiger partial charge is 0.337 e. The number of hydrogen-bond donors (Lipinski definition) is 0. The Hall–Kier alpha value is -2.92. The number of rotatable bonds is 8. The number of likely N-dealkylation sites (N-methyl/N-ethyl adjacent to an activating group) is 1. The number of carbonyl (C=O) groups excluding carboxylic acids is 1. The minimum atomic E-state index is 0.134. The summed E-state index contributed by atoms with van der Waals surface area (Å²) < 4.78 is 1.93. The number of benzene rings is 2.